The zero-order valence-electron chi connectivity index (χ0n) is 9.94. The summed E-state index contributed by atoms with van der Waals surface area (Å²) in [4.78, 5) is 10.9. The molecule has 0 unspecified atom stereocenters. The van der Waals surface area contributed by atoms with E-state index in [0.29, 0.717) is 6.61 Å². The summed E-state index contributed by atoms with van der Waals surface area (Å²) in [5, 5.41) is 7.22. The molecule has 1 aromatic carbocycles. The van der Waals surface area contributed by atoms with Crippen LogP contribution in [0.3, 0.4) is 0 Å². The number of alkyl halides is 1. The van der Waals surface area contributed by atoms with Crippen LogP contribution in [-0.2, 0) is 0 Å². The van der Waals surface area contributed by atoms with E-state index in [1.165, 1.54) is 6.07 Å². The summed E-state index contributed by atoms with van der Waals surface area (Å²) in [7, 11) is 0. The van der Waals surface area contributed by atoms with Crippen LogP contribution in [-0.4, -0.2) is 22.1 Å². The largest absolute Gasteiger partial charge is 0.492 e. The average molecular weight is 309 g/mol. The first-order valence-electron chi connectivity index (χ1n) is 5.56. The molecule has 1 heterocycles. The Hall–Kier alpha value is -1.62. The van der Waals surface area contributed by atoms with Crippen LogP contribution in [0.4, 0.5) is 0 Å². The van der Waals surface area contributed by atoms with Crippen molar-refractivity contribution < 1.29 is 4.74 Å². The van der Waals surface area contributed by atoms with Crippen molar-refractivity contribution in [3.05, 3.63) is 46.2 Å². The van der Waals surface area contributed by atoms with E-state index in [0.717, 1.165) is 27.9 Å². The summed E-state index contributed by atoms with van der Waals surface area (Å²) < 4.78 is 5.57. The molecule has 0 fully saturated rings. The lowest BCUT2D eigenvalue weighted by atomic mass is 10.1. The van der Waals surface area contributed by atoms with Gasteiger partial charge in [-0.05, 0) is 36.8 Å². The first-order chi connectivity index (χ1) is 8.70. The highest BCUT2D eigenvalue weighted by molar-refractivity contribution is 9.09. The number of rotatable bonds is 4. The molecule has 1 aromatic heterocycles. The lowest BCUT2D eigenvalue weighted by Gasteiger charge is -2.09. The van der Waals surface area contributed by atoms with Gasteiger partial charge in [-0.1, -0.05) is 15.9 Å². The smallest absolute Gasteiger partial charge is 0.264 e. The molecule has 0 amide bonds. The predicted octanol–water partition coefficient (Wildman–Crippen LogP) is 2.52. The van der Waals surface area contributed by atoms with Gasteiger partial charge in [0.25, 0.3) is 5.56 Å². The van der Waals surface area contributed by atoms with Gasteiger partial charge in [0, 0.05) is 17.0 Å². The molecule has 4 nitrogen and oxygen atoms in total. The van der Waals surface area contributed by atoms with E-state index < -0.39 is 0 Å². The molecule has 0 aliphatic heterocycles. The maximum atomic E-state index is 10.9. The summed E-state index contributed by atoms with van der Waals surface area (Å²) in [6.45, 7) is 2.62. The Kier molecular flexibility index (Phi) is 4.15. The Bertz CT molecular complexity index is 575. The second-order valence-corrected chi connectivity index (χ2v) is 4.62. The second-order valence-electron chi connectivity index (χ2n) is 3.82. The summed E-state index contributed by atoms with van der Waals surface area (Å²) in [6.07, 6.45) is 0. The monoisotopic (exact) mass is 308 g/mol. The third-order valence-corrected chi connectivity index (χ3v) is 2.81. The molecule has 5 heteroatoms. The van der Waals surface area contributed by atoms with Gasteiger partial charge in [0.05, 0.1) is 12.3 Å². The van der Waals surface area contributed by atoms with Gasteiger partial charge >= 0.3 is 0 Å². The van der Waals surface area contributed by atoms with Crippen molar-refractivity contribution in [1.29, 1.82) is 0 Å². The zero-order chi connectivity index (χ0) is 13.0. The fourth-order valence-electron chi connectivity index (χ4n) is 1.62. The summed E-state index contributed by atoms with van der Waals surface area (Å²) >= 11 is 3.32. The quantitative estimate of drug-likeness (QED) is 0.883. The van der Waals surface area contributed by atoms with E-state index in [4.69, 9.17) is 4.74 Å². The Morgan fingerprint density at radius 1 is 1.33 bits per heavy atom. The van der Waals surface area contributed by atoms with Gasteiger partial charge < -0.3 is 4.74 Å². The maximum absolute atomic E-state index is 10.9. The van der Waals surface area contributed by atoms with Gasteiger partial charge in [0.1, 0.15) is 5.75 Å². The minimum atomic E-state index is -0.201. The molecule has 0 atom stereocenters. The average Bonchev–Trinajstić information content (AvgIpc) is 2.38. The number of halogens is 1. The van der Waals surface area contributed by atoms with Gasteiger partial charge in [-0.15, -0.1) is 0 Å². The van der Waals surface area contributed by atoms with Gasteiger partial charge in [0.2, 0.25) is 0 Å². The van der Waals surface area contributed by atoms with Gasteiger partial charge in [-0.2, -0.15) is 5.10 Å². The van der Waals surface area contributed by atoms with Crippen molar-refractivity contribution in [3.63, 3.8) is 0 Å². The fourth-order valence-corrected chi connectivity index (χ4v) is 1.79. The molecular weight excluding hydrogens is 296 g/mol. The lowest BCUT2D eigenvalue weighted by molar-refractivity contribution is 0.342. The van der Waals surface area contributed by atoms with Crippen molar-refractivity contribution in [2.24, 2.45) is 0 Å². The Balaban J connectivity index is 2.28. The highest BCUT2D eigenvalue weighted by atomic mass is 79.9. The number of aromatic amines is 1. The Labute approximate surface area is 113 Å². The van der Waals surface area contributed by atoms with E-state index in [1.54, 1.807) is 6.07 Å². The Morgan fingerprint density at radius 3 is 2.78 bits per heavy atom. The molecule has 18 heavy (non-hydrogen) atoms. The number of hydrogen-bond acceptors (Lipinski definition) is 3. The lowest BCUT2D eigenvalue weighted by Crippen LogP contribution is -2.05. The number of benzene rings is 1. The van der Waals surface area contributed by atoms with E-state index >= 15 is 0 Å². The van der Waals surface area contributed by atoms with Crippen molar-refractivity contribution in [2.75, 3.05) is 11.9 Å². The molecule has 2 aromatic rings. The third kappa shape index (κ3) is 2.98. The molecule has 0 aliphatic rings. The van der Waals surface area contributed by atoms with Gasteiger partial charge in [-0.25, -0.2) is 5.10 Å². The van der Waals surface area contributed by atoms with Crippen LogP contribution in [0.2, 0.25) is 0 Å². The van der Waals surface area contributed by atoms with Crippen molar-refractivity contribution in [1.82, 2.24) is 10.2 Å². The minimum absolute atomic E-state index is 0.201. The van der Waals surface area contributed by atoms with Crippen LogP contribution in [0, 0.1) is 6.92 Å². The molecule has 2 rings (SSSR count). The molecule has 1 N–H and O–H groups in total. The maximum Gasteiger partial charge on any atom is 0.264 e. The highest BCUT2D eigenvalue weighted by Gasteiger charge is 2.04. The van der Waals surface area contributed by atoms with Gasteiger partial charge in [-0.3, -0.25) is 4.79 Å². The first kappa shape index (κ1) is 12.8. The number of aryl methyl sites for hydroxylation is 1. The second kappa shape index (κ2) is 5.82. The molecule has 0 saturated carbocycles. The normalized spacial score (nSPS) is 10.3. The van der Waals surface area contributed by atoms with E-state index in [-0.39, 0.29) is 5.56 Å². The van der Waals surface area contributed by atoms with Crippen molar-refractivity contribution in [2.45, 2.75) is 6.92 Å². The van der Waals surface area contributed by atoms with Crippen LogP contribution in [0.1, 0.15) is 5.56 Å². The molecule has 0 radical (unpaired) electrons. The molecule has 0 spiro atoms. The standard InChI is InChI=1S/C13H13BrN2O2/c1-9-8-10(2-4-12(9)18-7-6-14)11-3-5-13(17)16-15-11/h2-5,8H,6-7H2,1H3,(H,16,17). The SMILES string of the molecule is Cc1cc(-c2ccc(=O)[nH]n2)ccc1OCCBr. The predicted molar refractivity (Wildman–Crippen MR) is 74.3 cm³/mol. The number of H-pyrrole nitrogens is 1. The highest BCUT2D eigenvalue weighted by Crippen LogP contribution is 2.24. The third-order valence-electron chi connectivity index (χ3n) is 2.48. The first-order valence-corrected chi connectivity index (χ1v) is 6.68. The van der Waals surface area contributed by atoms with Crippen LogP contribution in [0.25, 0.3) is 11.3 Å². The number of ether oxygens (including phenoxy) is 1. The zero-order valence-corrected chi connectivity index (χ0v) is 11.5. The van der Waals surface area contributed by atoms with E-state index in [9.17, 15) is 4.79 Å². The number of hydrogen-bond donors (Lipinski definition) is 1. The van der Waals surface area contributed by atoms with E-state index in [1.807, 2.05) is 25.1 Å². The van der Waals surface area contributed by atoms with Crippen molar-refractivity contribution in [3.8, 4) is 17.0 Å². The van der Waals surface area contributed by atoms with E-state index in [2.05, 4.69) is 26.1 Å². The fraction of sp³-hybridized carbons (Fsp3) is 0.231. The molecule has 94 valence electrons. The minimum Gasteiger partial charge on any atom is -0.492 e. The van der Waals surface area contributed by atoms with Crippen LogP contribution in [0.5, 0.6) is 5.75 Å². The Morgan fingerprint density at radius 2 is 2.17 bits per heavy atom. The number of nitrogens with one attached hydrogen (secondary N) is 1. The summed E-state index contributed by atoms with van der Waals surface area (Å²) in [5.41, 5.74) is 2.54. The molecule has 0 aliphatic carbocycles. The van der Waals surface area contributed by atoms with Gasteiger partial charge in [0.15, 0.2) is 0 Å². The number of nitrogens with zero attached hydrogens (tertiary/aromatic N) is 1. The molecule has 0 bridgehead atoms. The summed E-state index contributed by atoms with van der Waals surface area (Å²) in [5.74, 6) is 0.864. The van der Waals surface area contributed by atoms with Crippen molar-refractivity contribution >= 4 is 15.9 Å². The topological polar surface area (TPSA) is 55.0 Å². The van der Waals surface area contributed by atoms with Crippen LogP contribution < -0.4 is 10.3 Å². The molecule has 0 saturated heterocycles. The van der Waals surface area contributed by atoms with Crippen LogP contribution in [0.15, 0.2) is 35.1 Å². The van der Waals surface area contributed by atoms with Crippen LogP contribution >= 0.6 is 15.9 Å². The summed E-state index contributed by atoms with van der Waals surface area (Å²) in [6, 6.07) is 9.00. The molecular formula is C13H13BrN2O2. The number of aromatic nitrogens is 2.